The van der Waals surface area contributed by atoms with Gasteiger partial charge in [-0.2, -0.15) is 5.26 Å². The molecule has 2 fully saturated rings. The SMILES string of the molecule is N#CC(CC1CCCNC1=O)NC(=O)C(CC1CC1)NC(=O)C(Cc1ccc(F)cc1)NC(=O)OCc1ccccc1. The Kier molecular flexibility index (Phi) is 10.9. The van der Waals surface area contributed by atoms with Crippen LogP contribution in [-0.2, 0) is 32.1 Å². The Hall–Kier alpha value is -4.46. The van der Waals surface area contributed by atoms with Crippen LogP contribution in [0.5, 0.6) is 0 Å². The Morgan fingerprint density at radius 1 is 0.929 bits per heavy atom. The number of amides is 4. The molecule has 0 radical (unpaired) electrons. The van der Waals surface area contributed by atoms with Crippen LogP contribution < -0.4 is 21.3 Å². The summed E-state index contributed by atoms with van der Waals surface area (Å²) in [6, 6.07) is 13.7. The lowest BCUT2D eigenvalue weighted by Gasteiger charge is -2.26. The first-order valence-corrected chi connectivity index (χ1v) is 14.3. The van der Waals surface area contributed by atoms with Crippen molar-refractivity contribution in [2.75, 3.05) is 6.54 Å². The molecule has 2 aromatic rings. The van der Waals surface area contributed by atoms with E-state index in [-0.39, 0.29) is 37.2 Å². The van der Waals surface area contributed by atoms with E-state index in [1.54, 1.807) is 12.1 Å². The Morgan fingerprint density at radius 3 is 2.31 bits per heavy atom. The number of nitrogens with zero attached hydrogens (tertiary/aromatic N) is 1. The molecule has 4 rings (SSSR count). The number of piperidine rings is 1. The van der Waals surface area contributed by atoms with Crippen molar-refractivity contribution in [3.8, 4) is 6.07 Å². The van der Waals surface area contributed by atoms with Crippen molar-refractivity contribution < 1.29 is 28.3 Å². The molecule has 1 aliphatic carbocycles. The Labute approximate surface area is 244 Å². The maximum atomic E-state index is 13.5. The second kappa shape index (κ2) is 15.0. The number of alkyl carbamates (subject to hydrolysis) is 1. The number of hydrogen-bond acceptors (Lipinski definition) is 6. The molecule has 4 unspecified atom stereocenters. The minimum atomic E-state index is -1.12. The van der Waals surface area contributed by atoms with Gasteiger partial charge in [-0.05, 0) is 54.9 Å². The van der Waals surface area contributed by atoms with Crippen molar-refractivity contribution in [1.29, 1.82) is 5.26 Å². The highest BCUT2D eigenvalue weighted by atomic mass is 19.1. The van der Waals surface area contributed by atoms with Crippen LogP contribution >= 0.6 is 0 Å². The van der Waals surface area contributed by atoms with Crippen molar-refractivity contribution >= 4 is 23.8 Å². The largest absolute Gasteiger partial charge is 0.445 e. The molecule has 11 heteroatoms. The van der Waals surface area contributed by atoms with Crippen LogP contribution in [0.3, 0.4) is 0 Å². The maximum absolute atomic E-state index is 13.5. The van der Waals surface area contributed by atoms with Gasteiger partial charge in [0, 0.05) is 18.9 Å². The van der Waals surface area contributed by atoms with Crippen molar-refractivity contribution in [3.05, 3.63) is 71.5 Å². The van der Waals surface area contributed by atoms with Gasteiger partial charge in [-0.1, -0.05) is 55.3 Å². The topological polar surface area (TPSA) is 149 Å². The monoisotopic (exact) mass is 577 g/mol. The third-order valence-electron chi connectivity index (χ3n) is 7.47. The number of ether oxygens (including phenoxy) is 1. The molecule has 1 saturated carbocycles. The smallest absolute Gasteiger partial charge is 0.408 e. The number of nitriles is 1. The predicted octanol–water partition coefficient (Wildman–Crippen LogP) is 2.87. The normalized spacial score (nSPS) is 18.4. The van der Waals surface area contributed by atoms with Crippen molar-refractivity contribution in [1.82, 2.24) is 21.3 Å². The van der Waals surface area contributed by atoms with E-state index in [2.05, 4.69) is 27.3 Å². The molecule has 4 N–H and O–H groups in total. The van der Waals surface area contributed by atoms with Gasteiger partial charge in [-0.25, -0.2) is 9.18 Å². The van der Waals surface area contributed by atoms with E-state index in [1.807, 2.05) is 18.2 Å². The average molecular weight is 578 g/mol. The third kappa shape index (κ3) is 9.58. The molecule has 1 saturated heterocycles. The second-order valence-corrected chi connectivity index (χ2v) is 10.9. The molecule has 2 aromatic carbocycles. The van der Waals surface area contributed by atoms with Gasteiger partial charge in [0.05, 0.1) is 6.07 Å². The lowest BCUT2D eigenvalue weighted by Crippen LogP contribution is -2.55. The van der Waals surface area contributed by atoms with Gasteiger partial charge in [0.2, 0.25) is 17.7 Å². The van der Waals surface area contributed by atoms with Gasteiger partial charge in [-0.15, -0.1) is 0 Å². The zero-order valence-corrected chi connectivity index (χ0v) is 23.3. The van der Waals surface area contributed by atoms with Crippen molar-refractivity contribution in [2.24, 2.45) is 11.8 Å². The first-order valence-electron chi connectivity index (χ1n) is 14.3. The molecule has 0 bridgehead atoms. The summed E-state index contributed by atoms with van der Waals surface area (Å²) in [7, 11) is 0. The highest BCUT2D eigenvalue weighted by Crippen LogP contribution is 2.33. The zero-order chi connectivity index (χ0) is 29.9. The first-order chi connectivity index (χ1) is 20.3. The van der Waals surface area contributed by atoms with Gasteiger partial charge in [0.1, 0.15) is 30.5 Å². The quantitative estimate of drug-likeness (QED) is 0.288. The van der Waals surface area contributed by atoms with Gasteiger partial charge in [0.15, 0.2) is 0 Å². The summed E-state index contributed by atoms with van der Waals surface area (Å²) in [5, 5.41) is 20.5. The fourth-order valence-corrected chi connectivity index (χ4v) is 4.92. The van der Waals surface area contributed by atoms with Crippen LogP contribution in [0.4, 0.5) is 9.18 Å². The van der Waals surface area contributed by atoms with E-state index in [9.17, 15) is 28.8 Å². The maximum Gasteiger partial charge on any atom is 0.408 e. The molecular formula is C31H36FN5O5. The van der Waals surface area contributed by atoms with E-state index in [0.29, 0.717) is 24.9 Å². The number of rotatable bonds is 13. The van der Waals surface area contributed by atoms with Crippen LogP contribution in [0.25, 0.3) is 0 Å². The number of benzene rings is 2. The Bertz CT molecular complexity index is 1280. The molecule has 2 aliphatic rings. The highest BCUT2D eigenvalue weighted by molar-refractivity contribution is 5.91. The van der Waals surface area contributed by atoms with E-state index < -0.39 is 41.9 Å². The molecular weight excluding hydrogens is 541 g/mol. The lowest BCUT2D eigenvalue weighted by atomic mass is 9.92. The van der Waals surface area contributed by atoms with Gasteiger partial charge in [0.25, 0.3) is 0 Å². The predicted molar refractivity (Wildman–Crippen MR) is 151 cm³/mol. The fourth-order valence-electron chi connectivity index (χ4n) is 4.92. The summed E-state index contributed by atoms with van der Waals surface area (Å²) in [4.78, 5) is 51.6. The Balaban J connectivity index is 1.42. The summed E-state index contributed by atoms with van der Waals surface area (Å²) in [6.07, 6.45) is 3.06. The van der Waals surface area contributed by atoms with E-state index in [0.717, 1.165) is 24.8 Å². The lowest BCUT2D eigenvalue weighted by molar-refractivity contribution is -0.130. The molecule has 222 valence electrons. The van der Waals surface area contributed by atoms with Crippen LogP contribution in [0.2, 0.25) is 0 Å². The Morgan fingerprint density at radius 2 is 1.64 bits per heavy atom. The van der Waals surface area contributed by atoms with Crippen molar-refractivity contribution in [2.45, 2.75) is 69.7 Å². The van der Waals surface area contributed by atoms with Crippen molar-refractivity contribution in [3.63, 3.8) is 0 Å². The molecule has 1 aliphatic heterocycles. The summed E-state index contributed by atoms with van der Waals surface area (Å²) < 4.78 is 18.8. The molecule has 0 aromatic heterocycles. The third-order valence-corrected chi connectivity index (χ3v) is 7.47. The number of carbonyl (C=O) groups is 4. The first kappa shape index (κ1) is 30.5. The van der Waals surface area contributed by atoms with Crippen LogP contribution in [0.1, 0.15) is 49.7 Å². The molecule has 1 heterocycles. The molecule has 42 heavy (non-hydrogen) atoms. The molecule has 0 spiro atoms. The van der Waals surface area contributed by atoms with Gasteiger partial charge < -0.3 is 26.0 Å². The van der Waals surface area contributed by atoms with Gasteiger partial charge >= 0.3 is 6.09 Å². The van der Waals surface area contributed by atoms with E-state index >= 15 is 0 Å². The van der Waals surface area contributed by atoms with Crippen LogP contribution in [0.15, 0.2) is 54.6 Å². The van der Waals surface area contributed by atoms with Crippen LogP contribution in [0, 0.1) is 29.0 Å². The molecule has 10 nitrogen and oxygen atoms in total. The standard InChI is InChI=1S/C31H36FN5O5/c32-24-12-10-21(11-13-24)16-27(37-31(41)42-19-22-5-2-1-3-6-22)30(40)36-26(15-20-8-9-20)29(39)35-25(18-33)17-23-7-4-14-34-28(23)38/h1-3,5-6,10-13,20,23,25-27H,4,7-9,14-17,19H2,(H,34,38)(H,35,39)(H,36,40)(H,37,41). The summed E-state index contributed by atoms with van der Waals surface area (Å²) in [5.41, 5.74) is 1.37. The summed E-state index contributed by atoms with van der Waals surface area (Å²) in [6.45, 7) is 0.597. The van der Waals surface area contributed by atoms with E-state index in [4.69, 9.17) is 4.74 Å². The minimum Gasteiger partial charge on any atom is -0.445 e. The van der Waals surface area contributed by atoms with Crippen LogP contribution in [-0.4, -0.2) is 48.5 Å². The minimum absolute atomic E-state index is 0.00115. The number of nitrogens with one attached hydrogen (secondary N) is 4. The molecule has 4 atom stereocenters. The number of hydrogen-bond donors (Lipinski definition) is 4. The van der Waals surface area contributed by atoms with E-state index in [1.165, 1.54) is 24.3 Å². The summed E-state index contributed by atoms with van der Waals surface area (Å²) in [5.74, 6) is -1.82. The molecule has 4 amide bonds. The number of halogens is 1. The second-order valence-electron chi connectivity index (χ2n) is 10.9. The fraction of sp³-hybridized carbons (Fsp3) is 0.452. The average Bonchev–Trinajstić information content (AvgIpc) is 3.82. The van der Waals surface area contributed by atoms with Gasteiger partial charge in [-0.3, -0.25) is 14.4 Å². The zero-order valence-electron chi connectivity index (χ0n) is 23.3. The summed E-state index contributed by atoms with van der Waals surface area (Å²) >= 11 is 0. The number of carbonyl (C=O) groups excluding carboxylic acids is 4. The highest BCUT2D eigenvalue weighted by Gasteiger charge is 2.34.